The highest BCUT2D eigenvalue weighted by Gasteiger charge is 2.17. The standard InChI is InChI=1S/C13H15ClFNO/c14-11-9-10(5-6-12(11)15)13(17)16-7-3-1-2-4-8-16/h5-6,9H,1-4,7-8H2. The normalized spacial score (nSPS) is 16.7. The van der Waals surface area contributed by atoms with Crippen LogP contribution in [0.3, 0.4) is 0 Å². The Morgan fingerprint density at radius 2 is 1.82 bits per heavy atom. The van der Waals surface area contributed by atoms with Gasteiger partial charge in [0.1, 0.15) is 5.82 Å². The van der Waals surface area contributed by atoms with Crippen molar-refractivity contribution in [3.8, 4) is 0 Å². The summed E-state index contributed by atoms with van der Waals surface area (Å²) in [4.78, 5) is 14.0. The van der Waals surface area contributed by atoms with Crippen LogP contribution in [0.1, 0.15) is 36.0 Å². The van der Waals surface area contributed by atoms with Crippen molar-refractivity contribution in [2.45, 2.75) is 25.7 Å². The molecule has 0 unspecified atom stereocenters. The molecule has 17 heavy (non-hydrogen) atoms. The summed E-state index contributed by atoms with van der Waals surface area (Å²) in [5, 5.41) is 0.00525. The zero-order chi connectivity index (χ0) is 12.3. The van der Waals surface area contributed by atoms with Crippen molar-refractivity contribution >= 4 is 17.5 Å². The van der Waals surface area contributed by atoms with E-state index in [9.17, 15) is 9.18 Å². The number of hydrogen-bond acceptors (Lipinski definition) is 1. The Morgan fingerprint density at radius 3 is 2.41 bits per heavy atom. The zero-order valence-corrected chi connectivity index (χ0v) is 10.3. The van der Waals surface area contributed by atoms with Gasteiger partial charge in [0.25, 0.3) is 5.91 Å². The Kier molecular flexibility index (Phi) is 4.00. The van der Waals surface area contributed by atoms with Crippen molar-refractivity contribution in [3.05, 3.63) is 34.6 Å². The van der Waals surface area contributed by atoms with Crippen molar-refractivity contribution in [3.63, 3.8) is 0 Å². The summed E-state index contributed by atoms with van der Waals surface area (Å²) in [6.45, 7) is 1.57. The Morgan fingerprint density at radius 1 is 1.18 bits per heavy atom. The molecule has 0 saturated carbocycles. The molecule has 2 nitrogen and oxygen atoms in total. The summed E-state index contributed by atoms with van der Waals surface area (Å²) in [7, 11) is 0. The lowest BCUT2D eigenvalue weighted by atomic mass is 10.2. The molecule has 1 fully saturated rings. The molecule has 0 aliphatic carbocycles. The molecule has 1 saturated heterocycles. The first-order valence-electron chi connectivity index (χ1n) is 5.93. The molecule has 0 aromatic heterocycles. The zero-order valence-electron chi connectivity index (χ0n) is 9.59. The van der Waals surface area contributed by atoms with Crippen LogP contribution < -0.4 is 0 Å². The van der Waals surface area contributed by atoms with Crippen LogP contribution in [0.2, 0.25) is 5.02 Å². The van der Waals surface area contributed by atoms with E-state index in [4.69, 9.17) is 11.6 Å². The molecule has 0 radical (unpaired) electrons. The predicted octanol–water partition coefficient (Wildman–Crippen LogP) is 3.50. The molecule has 0 atom stereocenters. The first-order chi connectivity index (χ1) is 8.18. The summed E-state index contributed by atoms with van der Waals surface area (Å²) >= 11 is 5.68. The fraction of sp³-hybridized carbons (Fsp3) is 0.462. The summed E-state index contributed by atoms with van der Waals surface area (Å²) in [6.07, 6.45) is 4.43. The maximum absolute atomic E-state index is 13.0. The van der Waals surface area contributed by atoms with Crippen molar-refractivity contribution < 1.29 is 9.18 Å². The van der Waals surface area contributed by atoms with Crippen LogP contribution in [0.15, 0.2) is 18.2 Å². The van der Waals surface area contributed by atoms with Crippen LogP contribution >= 0.6 is 11.6 Å². The Labute approximate surface area is 105 Å². The van der Waals surface area contributed by atoms with Gasteiger partial charge in [0, 0.05) is 18.7 Å². The van der Waals surface area contributed by atoms with Crippen LogP contribution in [0.4, 0.5) is 4.39 Å². The fourth-order valence-electron chi connectivity index (χ4n) is 2.09. The average molecular weight is 256 g/mol. The quantitative estimate of drug-likeness (QED) is 0.752. The molecule has 1 aliphatic heterocycles. The fourth-order valence-corrected chi connectivity index (χ4v) is 2.27. The Balaban J connectivity index is 2.14. The van der Waals surface area contributed by atoms with Gasteiger partial charge in [-0.25, -0.2) is 4.39 Å². The highest BCUT2D eigenvalue weighted by Crippen LogP contribution is 2.19. The van der Waals surface area contributed by atoms with E-state index in [0.717, 1.165) is 25.9 Å². The number of carbonyl (C=O) groups excluding carboxylic acids is 1. The lowest BCUT2D eigenvalue weighted by Crippen LogP contribution is -2.31. The molecule has 0 bridgehead atoms. The molecule has 92 valence electrons. The first kappa shape index (κ1) is 12.4. The smallest absolute Gasteiger partial charge is 0.253 e. The summed E-state index contributed by atoms with van der Waals surface area (Å²) in [5.74, 6) is -0.534. The van der Waals surface area contributed by atoms with Gasteiger partial charge in [-0.15, -0.1) is 0 Å². The molecule has 1 amide bonds. The Bertz CT molecular complexity index is 414. The molecule has 1 aromatic rings. The second-order valence-electron chi connectivity index (χ2n) is 4.34. The van der Waals surface area contributed by atoms with E-state index < -0.39 is 5.82 Å². The highest BCUT2D eigenvalue weighted by molar-refractivity contribution is 6.31. The second kappa shape index (κ2) is 5.50. The number of carbonyl (C=O) groups is 1. The monoisotopic (exact) mass is 255 g/mol. The summed E-state index contributed by atoms with van der Waals surface area (Å²) in [6, 6.07) is 4.14. The molecule has 1 aliphatic rings. The van der Waals surface area contributed by atoms with Gasteiger partial charge in [-0.2, -0.15) is 0 Å². The third-order valence-corrected chi connectivity index (χ3v) is 3.35. The molecular formula is C13H15ClFNO. The van der Waals surface area contributed by atoms with E-state index in [1.165, 1.54) is 31.0 Å². The van der Waals surface area contributed by atoms with E-state index >= 15 is 0 Å². The van der Waals surface area contributed by atoms with E-state index in [0.29, 0.717) is 5.56 Å². The largest absolute Gasteiger partial charge is 0.339 e. The van der Waals surface area contributed by atoms with Crippen LogP contribution in [0, 0.1) is 5.82 Å². The van der Waals surface area contributed by atoms with E-state index in [1.54, 1.807) is 0 Å². The lowest BCUT2D eigenvalue weighted by molar-refractivity contribution is 0.0761. The third kappa shape index (κ3) is 2.97. The van der Waals surface area contributed by atoms with Crippen molar-refractivity contribution in [2.24, 2.45) is 0 Å². The maximum Gasteiger partial charge on any atom is 0.253 e. The number of benzene rings is 1. The van der Waals surface area contributed by atoms with Gasteiger partial charge in [0.05, 0.1) is 5.02 Å². The minimum atomic E-state index is -0.487. The van der Waals surface area contributed by atoms with Crippen LogP contribution in [0.5, 0.6) is 0 Å². The van der Waals surface area contributed by atoms with E-state index in [2.05, 4.69) is 0 Å². The number of amides is 1. The Hall–Kier alpha value is -1.09. The number of rotatable bonds is 1. The minimum absolute atomic E-state index is 0.00525. The summed E-state index contributed by atoms with van der Waals surface area (Å²) < 4.78 is 13.0. The number of nitrogens with zero attached hydrogens (tertiary/aromatic N) is 1. The molecule has 0 spiro atoms. The second-order valence-corrected chi connectivity index (χ2v) is 4.74. The molecule has 0 N–H and O–H groups in total. The highest BCUT2D eigenvalue weighted by atomic mass is 35.5. The molecule has 4 heteroatoms. The molecular weight excluding hydrogens is 241 g/mol. The van der Waals surface area contributed by atoms with Crippen LogP contribution in [0.25, 0.3) is 0 Å². The van der Waals surface area contributed by atoms with Gasteiger partial charge < -0.3 is 4.90 Å². The van der Waals surface area contributed by atoms with Crippen LogP contribution in [-0.4, -0.2) is 23.9 Å². The molecule has 1 aromatic carbocycles. The lowest BCUT2D eigenvalue weighted by Gasteiger charge is -2.20. The minimum Gasteiger partial charge on any atom is -0.339 e. The topological polar surface area (TPSA) is 20.3 Å². The van der Waals surface area contributed by atoms with E-state index in [1.807, 2.05) is 4.90 Å². The summed E-state index contributed by atoms with van der Waals surface area (Å²) in [5.41, 5.74) is 0.471. The van der Waals surface area contributed by atoms with Gasteiger partial charge in [-0.05, 0) is 31.0 Å². The molecule has 2 rings (SSSR count). The van der Waals surface area contributed by atoms with Gasteiger partial charge in [0.2, 0.25) is 0 Å². The van der Waals surface area contributed by atoms with Crippen molar-refractivity contribution in [1.82, 2.24) is 4.90 Å². The number of likely N-dealkylation sites (tertiary alicyclic amines) is 1. The van der Waals surface area contributed by atoms with Gasteiger partial charge in [0.15, 0.2) is 0 Å². The van der Waals surface area contributed by atoms with E-state index in [-0.39, 0.29) is 10.9 Å². The van der Waals surface area contributed by atoms with Gasteiger partial charge >= 0.3 is 0 Å². The van der Waals surface area contributed by atoms with Crippen molar-refractivity contribution in [1.29, 1.82) is 0 Å². The first-order valence-corrected chi connectivity index (χ1v) is 6.30. The van der Waals surface area contributed by atoms with Crippen molar-refractivity contribution in [2.75, 3.05) is 13.1 Å². The number of hydrogen-bond donors (Lipinski definition) is 0. The third-order valence-electron chi connectivity index (χ3n) is 3.06. The van der Waals surface area contributed by atoms with Gasteiger partial charge in [-0.1, -0.05) is 24.4 Å². The maximum atomic E-state index is 13.0. The number of halogens is 2. The SMILES string of the molecule is O=C(c1ccc(F)c(Cl)c1)N1CCCCCC1. The average Bonchev–Trinajstić information content (AvgIpc) is 2.60. The molecule has 1 heterocycles. The predicted molar refractivity (Wildman–Crippen MR) is 65.8 cm³/mol. The van der Waals surface area contributed by atoms with Gasteiger partial charge in [-0.3, -0.25) is 4.79 Å². The van der Waals surface area contributed by atoms with Crippen LogP contribution in [-0.2, 0) is 0 Å².